The maximum absolute atomic E-state index is 9.76. The van der Waals surface area contributed by atoms with E-state index in [1.807, 2.05) is 0 Å². The van der Waals surface area contributed by atoms with Crippen LogP contribution in [0.3, 0.4) is 0 Å². The van der Waals surface area contributed by atoms with Crippen molar-refractivity contribution < 1.29 is 29.3 Å². The van der Waals surface area contributed by atoms with Crippen LogP contribution in [0.25, 0.3) is 0 Å². The van der Waals surface area contributed by atoms with Gasteiger partial charge >= 0.3 is 23.1 Å². The van der Waals surface area contributed by atoms with Crippen LogP contribution in [0.2, 0.25) is 0 Å². The van der Waals surface area contributed by atoms with Crippen molar-refractivity contribution in [2.24, 2.45) is 0 Å². The molecule has 0 bridgehead atoms. The standard InChI is InChI=1S/C6H10O6.Mg/c7-5(8)3-11-1-2-12-4-6(9)10;/h1-4H2,(H,7,8)(H,9,10);/q;+2/p-2. The van der Waals surface area contributed by atoms with Gasteiger partial charge in [-0.05, 0) is 0 Å². The second-order valence-electron chi connectivity index (χ2n) is 1.85. The SMILES string of the molecule is O=C([O-])COCCOCC(=O)[O-].[Mg+2]. The zero-order valence-electron chi connectivity index (χ0n) is 6.99. The van der Waals surface area contributed by atoms with Gasteiger partial charge in [-0.25, -0.2) is 0 Å². The molecule has 0 N–H and O–H groups in total. The zero-order valence-corrected chi connectivity index (χ0v) is 8.40. The molecule has 0 radical (unpaired) electrons. The van der Waals surface area contributed by atoms with Crippen LogP contribution in [0.4, 0.5) is 0 Å². The molecule has 0 aliphatic carbocycles. The van der Waals surface area contributed by atoms with Gasteiger partial charge in [-0.2, -0.15) is 0 Å². The van der Waals surface area contributed by atoms with Gasteiger partial charge in [-0.3, -0.25) is 0 Å². The van der Waals surface area contributed by atoms with Crippen molar-refractivity contribution in [1.29, 1.82) is 0 Å². The molecule has 0 aromatic carbocycles. The summed E-state index contributed by atoms with van der Waals surface area (Å²) in [6, 6.07) is 0. The van der Waals surface area contributed by atoms with Crippen LogP contribution in [-0.4, -0.2) is 61.4 Å². The van der Waals surface area contributed by atoms with Crippen molar-refractivity contribution in [3.8, 4) is 0 Å². The molecule has 0 saturated carbocycles. The molecule has 70 valence electrons. The summed E-state index contributed by atoms with van der Waals surface area (Å²) in [5.41, 5.74) is 0. The average molecular weight is 200 g/mol. The number of carboxylic acids is 2. The largest absolute Gasteiger partial charge is 2.00 e. The molecule has 6 nitrogen and oxygen atoms in total. The third-order valence-corrected chi connectivity index (χ3v) is 0.812. The fourth-order valence-corrected chi connectivity index (χ4v) is 0.429. The van der Waals surface area contributed by atoms with Crippen LogP contribution < -0.4 is 10.2 Å². The van der Waals surface area contributed by atoms with Gasteiger partial charge in [0.1, 0.15) is 0 Å². The predicted octanol–water partition coefficient (Wildman–Crippen LogP) is -3.86. The molecule has 0 rings (SSSR count). The van der Waals surface area contributed by atoms with E-state index in [2.05, 4.69) is 9.47 Å². The van der Waals surface area contributed by atoms with E-state index in [-0.39, 0.29) is 36.3 Å². The summed E-state index contributed by atoms with van der Waals surface area (Å²) in [4.78, 5) is 19.5. The van der Waals surface area contributed by atoms with Gasteiger partial charge in [0.15, 0.2) is 0 Å². The number of carboxylic acid groups (broad SMARTS) is 2. The molecule has 0 aliphatic heterocycles. The van der Waals surface area contributed by atoms with Gasteiger partial charge < -0.3 is 29.3 Å². The first-order valence-corrected chi connectivity index (χ1v) is 3.18. The molecule has 0 heterocycles. The summed E-state index contributed by atoms with van der Waals surface area (Å²) in [6.45, 7) is -1.01. The molecule has 0 aromatic rings. The topological polar surface area (TPSA) is 98.7 Å². The van der Waals surface area contributed by atoms with Crippen molar-refractivity contribution in [2.45, 2.75) is 0 Å². The van der Waals surface area contributed by atoms with E-state index in [0.29, 0.717) is 0 Å². The molecule has 0 amide bonds. The van der Waals surface area contributed by atoms with Crippen LogP contribution in [0.15, 0.2) is 0 Å². The Morgan fingerprint density at radius 1 is 0.923 bits per heavy atom. The van der Waals surface area contributed by atoms with Gasteiger partial charge in [-0.1, -0.05) is 0 Å². The fraction of sp³-hybridized carbons (Fsp3) is 0.667. The Morgan fingerprint density at radius 3 is 1.46 bits per heavy atom. The molecule has 0 aliphatic rings. The minimum Gasteiger partial charge on any atom is -0.548 e. The summed E-state index contributed by atoms with van der Waals surface area (Å²) in [7, 11) is 0. The Kier molecular flexibility index (Phi) is 11.3. The van der Waals surface area contributed by atoms with E-state index < -0.39 is 25.2 Å². The summed E-state index contributed by atoms with van der Waals surface area (Å²) >= 11 is 0. The summed E-state index contributed by atoms with van der Waals surface area (Å²) in [5, 5.41) is 19.5. The van der Waals surface area contributed by atoms with Crippen LogP contribution in [-0.2, 0) is 19.1 Å². The molecule has 7 heteroatoms. The number of hydrogen-bond donors (Lipinski definition) is 0. The van der Waals surface area contributed by atoms with E-state index in [9.17, 15) is 19.8 Å². The van der Waals surface area contributed by atoms with E-state index in [0.717, 1.165) is 0 Å². The molecule has 0 unspecified atom stereocenters. The molecule has 13 heavy (non-hydrogen) atoms. The van der Waals surface area contributed by atoms with Gasteiger partial charge in [0.25, 0.3) is 0 Å². The predicted molar refractivity (Wildman–Crippen MR) is 37.4 cm³/mol. The van der Waals surface area contributed by atoms with E-state index in [1.165, 1.54) is 0 Å². The Morgan fingerprint density at radius 2 is 1.23 bits per heavy atom. The summed E-state index contributed by atoms with van der Waals surface area (Å²) < 4.78 is 8.95. The molecule has 0 saturated heterocycles. The molecular weight excluding hydrogens is 192 g/mol. The molecule has 0 aromatic heterocycles. The molecule has 0 atom stereocenters. The monoisotopic (exact) mass is 200 g/mol. The summed E-state index contributed by atoms with van der Waals surface area (Å²) in [6.07, 6.45) is 0. The maximum atomic E-state index is 9.76. The van der Waals surface area contributed by atoms with Crippen molar-refractivity contribution >= 4 is 35.0 Å². The van der Waals surface area contributed by atoms with Crippen molar-refractivity contribution in [3.05, 3.63) is 0 Å². The van der Waals surface area contributed by atoms with Crippen LogP contribution >= 0.6 is 0 Å². The Labute approximate surface area is 91.0 Å². The minimum atomic E-state index is -1.32. The van der Waals surface area contributed by atoms with Crippen molar-refractivity contribution in [1.82, 2.24) is 0 Å². The van der Waals surface area contributed by atoms with Crippen LogP contribution in [0, 0.1) is 0 Å². The third-order valence-electron chi connectivity index (χ3n) is 0.812. The number of hydrogen-bond acceptors (Lipinski definition) is 6. The smallest absolute Gasteiger partial charge is 0.548 e. The zero-order chi connectivity index (χ0) is 9.40. The summed E-state index contributed by atoms with van der Waals surface area (Å²) in [5.74, 6) is -2.65. The Bertz CT molecular complexity index is 141. The number of ether oxygens (including phenoxy) is 2. The van der Waals surface area contributed by atoms with Gasteiger partial charge in [0, 0.05) is 0 Å². The number of aliphatic carboxylic acids is 2. The second kappa shape index (κ2) is 9.71. The number of carbonyl (C=O) groups excluding carboxylic acids is 2. The van der Waals surface area contributed by atoms with Gasteiger partial charge in [0.05, 0.1) is 38.4 Å². The van der Waals surface area contributed by atoms with Crippen LogP contribution in [0.1, 0.15) is 0 Å². The van der Waals surface area contributed by atoms with Crippen LogP contribution in [0.5, 0.6) is 0 Å². The first-order valence-electron chi connectivity index (χ1n) is 3.18. The van der Waals surface area contributed by atoms with E-state index >= 15 is 0 Å². The minimum absolute atomic E-state index is 0. The average Bonchev–Trinajstić information content (AvgIpc) is 1.95. The molecule has 0 spiro atoms. The molecule has 0 fully saturated rings. The second-order valence-corrected chi connectivity index (χ2v) is 1.85. The van der Waals surface area contributed by atoms with Gasteiger partial charge in [0.2, 0.25) is 0 Å². The number of carbonyl (C=O) groups is 2. The third kappa shape index (κ3) is 14.5. The quantitative estimate of drug-likeness (QED) is 0.308. The fourth-order valence-electron chi connectivity index (χ4n) is 0.429. The maximum Gasteiger partial charge on any atom is 2.00 e. The Hall–Kier alpha value is -0.374. The first-order chi connectivity index (χ1) is 5.63. The Balaban J connectivity index is 0. The van der Waals surface area contributed by atoms with Crippen molar-refractivity contribution in [3.63, 3.8) is 0 Å². The van der Waals surface area contributed by atoms with Crippen molar-refractivity contribution in [2.75, 3.05) is 26.4 Å². The first kappa shape index (κ1) is 15.1. The van der Waals surface area contributed by atoms with Gasteiger partial charge in [-0.15, -0.1) is 0 Å². The normalized spacial score (nSPS) is 8.92. The van der Waals surface area contributed by atoms with E-state index in [1.54, 1.807) is 0 Å². The number of rotatable bonds is 7. The van der Waals surface area contributed by atoms with E-state index in [4.69, 9.17) is 0 Å². The molecular formula is C6H8MgO6.